The number of nitrogen functional groups attached to an aromatic ring is 1. The van der Waals surface area contributed by atoms with Crippen molar-refractivity contribution in [3.05, 3.63) is 28.2 Å². The van der Waals surface area contributed by atoms with Crippen molar-refractivity contribution in [3.8, 4) is 0 Å². The van der Waals surface area contributed by atoms with Crippen molar-refractivity contribution < 1.29 is 4.74 Å². The molecule has 1 rings (SSSR count). The molecule has 0 saturated heterocycles. The number of nitrogens with zero attached hydrogens (tertiary/aromatic N) is 1. The summed E-state index contributed by atoms with van der Waals surface area (Å²) in [4.78, 5) is 11.4. The maximum atomic E-state index is 11.4. The van der Waals surface area contributed by atoms with Crippen LogP contribution in [0.1, 0.15) is 19.5 Å². The van der Waals surface area contributed by atoms with Crippen LogP contribution in [0.15, 0.2) is 16.9 Å². The van der Waals surface area contributed by atoms with Crippen LogP contribution in [-0.2, 0) is 11.5 Å². The molecule has 0 atom stereocenters. The second kappa shape index (κ2) is 4.28. The van der Waals surface area contributed by atoms with E-state index in [4.69, 9.17) is 10.5 Å². The first kappa shape index (κ1) is 10.8. The largest absolute Gasteiger partial charge is 0.397 e. The van der Waals surface area contributed by atoms with E-state index in [9.17, 15) is 4.79 Å². The Bertz CT molecular complexity index is 369. The molecule has 0 aliphatic heterocycles. The second-order valence-electron chi connectivity index (χ2n) is 3.48. The smallest absolute Gasteiger partial charge is 0.252 e. The second-order valence-corrected chi connectivity index (χ2v) is 3.48. The molecule has 1 heterocycles. The van der Waals surface area contributed by atoms with Crippen molar-refractivity contribution in [2.24, 2.45) is 0 Å². The average molecular weight is 196 g/mol. The Kier molecular flexibility index (Phi) is 3.30. The molecule has 0 aliphatic carbocycles. The molecule has 2 N–H and O–H groups in total. The number of hydrogen-bond acceptors (Lipinski definition) is 3. The summed E-state index contributed by atoms with van der Waals surface area (Å²) in [6.45, 7) is 5.91. The summed E-state index contributed by atoms with van der Waals surface area (Å²) >= 11 is 0. The molecule has 0 radical (unpaired) electrons. The molecule has 1 aromatic rings. The molecule has 0 aromatic carbocycles. The fourth-order valence-electron chi connectivity index (χ4n) is 1.08. The van der Waals surface area contributed by atoms with Crippen molar-refractivity contribution in [1.82, 2.24) is 4.57 Å². The summed E-state index contributed by atoms with van der Waals surface area (Å²) in [6.07, 6.45) is 0.0998. The number of nitrogens with two attached hydrogens (primary N) is 1. The minimum Gasteiger partial charge on any atom is -0.397 e. The maximum Gasteiger partial charge on any atom is 0.252 e. The summed E-state index contributed by atoms with van der Waals surface area (Å²) in [5.41, 5.74) is 6.95. The molecule has 0 spiro atoms. The van der Waals surface area contributed by atoms with Crippen LogP contribution >= 0.6 is 0 Å². The van der Waals surface area contributed by atoms with Crippen LogP contribution in [0.4, 0.5) is 5.69 Å². The van der Waals surface area contributed by atoms with Gasteiger partial charge in [0.1, 0.15) is 6.73 Å². The molecule has 14 heavy (non-hydrogen) atoms. The Morgan fingerprint density at radius 2 is 2.14 bits per heavy atom. The van der Waals surface area contributed by atoms with Crippen molar-refractivity contribution in [1.29, 1.82) is 0 Å². The lowest BCUT2D eigenvalue weighted by atomic mass is 10.3. The van der Waals surface area contributed by atoms with Gasteiger partial charge in [-0.25, -0.2) is 0 Å². The quantitative estimate of drug-likeness (QED) is 0.788. The van der Waals surface area contributed by atoms with E-state index in [-0.39, 0.29) is 18.4 Å². The predicted molar refractivity (Wildman–Crippen MR) is 56.1 cm³/mol. The topological polar surface area (TPSA) is 57.2 Å². The van der Waals surface area contributed by atoms with Crippen LogP contribution in [0.5, 0.6) is 0 Å². The summed E-state index contributed by atoms with van der Waals surface area (Å²) in [5.74, 6) is 0. The van der Waals surface area contributed by atoms with Crippen LogP contribution in [0.3, 0.4) is 0 Å². The zero-order chi connectivity index (χ0) is 10.7. The molecule has 0 unspecified atom stereocenters. The number of hydrogen-bond donors (Lipinski definition) is 1. The van der Waals surface area contributed by atoms with Gasteiger partial charge in [-0.2, -0.15) is 0 Å². The summed E-state index contributed by atoms with van der Waals surface area (Å²) in [7, 11) is 0. The first-order valence-corrected chi connectivity index (χ1v) is 4.60. The highest BCUT2D eigenvalue weighted by Crippen LogP contribution is 2.06. The minimum atomic E-state index is -0.0858. The maximum absolute atomic E-state index is 11.4. The van der Waals surface area contributed by atoms with Gasteiger partial charge in [-0.1, -0.05) is 0 Å². The Morgan fingerprint density at radius 1 is 1.50 bits per heavy atom. The SMILES string of the molecule is Cc1c(N)ccc(=O)n1COC(C)C. The lowest BCUT2D eigenvalue weighted by molar-refractivity contribution is 0.0259. The van der Waals surface area contributed by atoms with Gasteiger partial charge in [0.25, 0.3) is 5.56 Å². The number of anilines is 1. The lowest BCUT2D eigenvalue weighted by Crippen LogP contribution is -2.24. The van der Waals surface area contributed by atoms with Gasteiger partial charge in [-0.3, -0.25) is 9.36 Å². The number of aromatic nitrogens is 1. The van der Waals surface area contributed by atoms with Gasteiger partial charge in [0, 0.05) is 11.8 Å². The number of pyridine rings is 1. The molecule has 0 saturated carbocycles. The van der Waals surface area contributed by atoms with Crippen molar-refractivity contribution in [2.75, 3.05) is 5.73 Å². The summed E-state index contributed by atoms with van der Waals surface area (Å²) in [5, 5.41) is 0. The van der Waals surface area contributed by atoms with Crippen LogP contribution in [0.2, 0.25) is 0 Å². The Morgan fingerprint density at radius 3 is 2.71 bits per heavy atom. The van der Waals surface area contributed by atoms with Gasteiger partial charge >= 0.3 is 0 Å². The Labute approximate surface area is 83.3 Å². The molecule has 4 heteroatoms. The third-order valence-corrected chi connectivity index (χ3v) is 2.03. The molecule has 0 bridgehead atoms. The van der Waals surface area contributed by atoms with Crippen molar-refractivity contribution in [2.45, 2.75) is 33.6 Å². The first-order valence-electron chi connectivity index (χ1n) is 4.60. The standard InChI is InChI=1S/C10H16N2O2/c1-7(2)14-6-12-8(3)9(11)4-5-10(12)13/h4-5,7H,6,11H2,1-3H3. The summed E-state index contributed by atoms with van der Waals surface area (Å²) < 4.78 is 6.88. The first-order chi connectivity index (χ1) is 6.52. The zero-order valence-electron chi connectivity index (χ0n) is 8.78. The highest BCUT2D eigenvalue weighted by Gasteiger charge is 2.03. The van der Waals surface area contributed by atoms with E-state index in [1.54, 1.807) is 13.0 Å². The molecule has 1 aromatic heterocycles. The van der Waals surface area contributed by atoms with E-state index in [0.29, 0.717) is 5.69 Å². The Hall–Kier alpha value is -1.29. The van der Waals surface area contributed by atoms with Crippen LogP contribution in [-0.4, -0.2) is 10.7 Å². The van der Waals surface area contributed by atoms with Crippen molar-refractivity contribution in [3.63, 3.8) is 0 Å². The molecule has 0 fully saturated rings. The van der Waals surface area contributed by atoms with Gasteiger partial charge in [0.2, 0.25) is 0 Å². The normalized spacial score (nSPS) is 10.9. The molecular formula is C10H16N2O2. The zero-order valence-corrected chi connectivity index (χ0v) is 8.78. The summed E-state index contributed by atoms with van der Waals surface area (Å²) in [6, 6.07) is 3.07. The molecule has 0 aliphatic rings. The van der Waals surface area contributed by atoms with E-state index in [1.165, 1.54) is 10.6 Å². The van der Waals surface area contributed by atoms with Gasteiger partial charge in [0.05, 0.1) is 11.8 Å². The lowest BCUT2D eigenvalue weighted by Gasteiger charge is -2.13. The third-order valence-electron chi connectivity index (χ3n) is 2.03. The van der Waals surface area contributed by atoms with E-state index in [0.717, 1.165) is 5.69 Å². The van der Waals surface area contributed by atoms with Crippen LogP contribution in [0.25, 0.3) is 0 Å². The number of ether oxygens (including phenoxy) is 1. The molecule has 0 amide bonds. The molecular weight excluding hydrogens is 180 g/mol. The fourth-order valence-corrected chi connectivity index (χ4v) is 1.08. The minimum absolute atomic E-state index is 0.0858. The van der Waals surface area contributed by atoms with Gasteiger partial charge in [-0.15, -0.1) is 0 Å². The number of rotatable bonds is 3. The monoisotopic (exact) mass is 196 g/mol. The van der Waals surface area contributed by atoms with Crippen LogP contribution in [0, 0.1) is 6.92 Å². The van der Waals surface area contributed by atoms with E-state index < -0.39 is 0 Å². The van der Waals surface area contributed by atoms with E-state index in [2.05, 4.69) is 0 Å². The third kappa shape index (κ3) is 2.35. The Balaban J connectivity index is 2.95. The predicted octanol–water partition coefficient (Wildman–Crippen LogP) is 1.12. The van der Waals surface area contributed by atoms with Gasteiger partial charge in [0.15, 0.2) is 0 Å². The highest BCUT2D eigenvalue weighted by molar-refractivity contribution is 5.41. The van der Waals surface area contributed by atoms with Gasteiger partial charge < -0.3 is 10.5 Å². The molecule has 78 valence electrons. The van der Waals surface area contributed by atoms with Gasteiger partial charge in [-0.05, 0) is 26.8 Å². The fraction of sp³-hybridized carbons (Fsp3) is 0.500. The highest BCUT2D eigenvalue weighted by atomic mass is 16.5. The van der Waals surface area contributed by atoms with E-state index in [1.807, 2.05) is 13.8 Å². The molecule has 4 nitrogen and oxygen atoms in total. The van der Waals surface area contributed by atoms with E-state index >= 15 is 0 Å². The van der Waals surface area contributed by atoms with Crippen molar-refractivity contribution >= 4 is 5.69 Å². The van der Waals surface area contributed by atoms with Crippen LogP contribution < -0.4 is 11.3 Å². The average Bonchev–Trinajstić information content (AvgIpc) is 2.11.